The maximum atomic E-state index is 12.5. The van der Waals surface area contributed by atoms with E-state index in [4.69, 9.17) is 5.73 Å². The van der Waals surface area contributed by atoms with Crippen LogP contribution in [-0.4, -0.2) is 28.8 Å². The molecule has 1 saturated heterocycles. The van der Waals surface area contributed by atoms with Gasteiger partial charge in [-0.05, 0) is 12.5 Å². The lowest BCUT2D eigenvalue weighted by Crippen LogP contribution is -2.27. The molecule has 1 aliphatic rings. The molecule has 1 atom stereocenters. The minimum absolute atomic E-state index is 0.0123. The lowest BCUT2D eigenvalue weighted by Gasteiger charge is -2.15. The third-order valence-electron chi connectivity index (χ3n) is 2.96. The van der Waals surface area contributed by atoms with Gasteiger partial charge in [-0.25, -0.2) is 0 Å². The van der Waals surface area contributed by atoms with Gasteiger partial charge in [0.15, 0.2) is 5.69 Å². The molecule has 2 N–H and O–H groups in total. The van der Waals surface area contributed by atoms with E-state index in [1.165, 1.54) is 11.9 Å². The van der Waals surface area contributed by atoms with E-state index in [9.17, 15) is 18.0 Å². The van der Waals surface area contributed by atoms with Crippen molar-refractivity contribution in [1.82, 2.24) is 9.78 Å². The fourth-order valence-electron chi connectivity index (χ4n) is 2.01. The molecule has 1 unspecified atom stereocenters. The number of hydrogen-bond donors (Lipinski definition) is 1. The number of halogens is 3. The van der Waals surface area contributed by atoms with Gasteiger partial charge in [0.05, 0.1) is 0 Å². The van der Waals surface area contributed by atoms with Gasteiger partial charge in [0.25, 0.3) is 0 Å². The summed E-state index contributed by atoms with van der Waals surface area (Å²) in [7, 11) is 1.38. The molecule has 0 aliphatic carbocycles. The molecule has 5 nitrogen and oxygen atoms in total. The number of hydrogen-bond acceptors (Lipinski definition) is 3. The number of aryl methyl sites for hydroxylation is 1. The van der Waals surface area contributed by atoms with Crippen molar-refractivity contribution in [3.8, 4) is 0 Å². The van der Waals surface area contributed by atoms with E-state index in [2.05, 4.69) is 5.10 Å². The van der Waals surface area contributed by atoms with E-state index in [0.717, 1.165) is 10.7 Å². The van der Waals surface area contributed by atoms with Crippen LogP contribution in [0.1, 0.15) is 12.1 Å². The van der Waals surface area contributed by atoms with Crippen LogP contribution in [0.3, 0.4) is 0 Å². The van der Waals surface area contributed by atoms with Crippen LogP contribution < -0.4 is 10.6 Å². The zero-order valence-electron chi connectivity index (χ0n) is 9.74. The Labute approximate surface area is 101 Å². The lowest BCUT2D eigenvalue weighted by atomic mass is 10.1. The number of nitrogens with two attached hydrogens (primary N) is 1. The normalized spacial score (nSPS) is 20.8. The van der Waals surface area contributed by atoms with Gasteiger partial charge in [-0.1, -0.05) is 0 Å². The first kappa shape index (κ1) is 12.9. The van der Waals surface area contributed by atoms with Crippen molar-refractivity contribution >= 4 is 11.7 Å². The van der Waals surface area contributed by atoms with Gasteiger partial charge in [-0.15, -0.1) is 0 Å². The number of aromatic nitrogens is 2. The summed E-state index contributed by atoms with van der Waals surface area (Å²) in [5, 5.41) is 3.38. The Balaban J connectivity index is 2.29. The van der Waals surface area contributed by atoms with Crippen LogP contribution in [-0.2, 0) is 18.0 Å². The largest absolute Gasteiger partial charge is 0.435 e. The molecule has 0 radical (unpaired) electrons. The van der Waals surface area contributed by atoms with Crippen molar-refractivity contribution < 1.29 is 18.0 Å². The smallest absolute Gasteiger partial charge is 0.330 e. The van der Waals surface area contributed by atoms with E-state index < -0.39 is 11.9 Å². The van der Waals surface area contributed by atoms with Crippen molar-refractivity contribution in [3.63, 3.8) is 0 Å². The molecule has 2 heterocycles. The molecule has 0 bridgehead atoms. The van der Waals surface area contributed by atoms with E-state index in [-0.39, 0.29) is 24.1 Å². The number of alkyl halides is 3. The molecule has 8 heteroatoms. The maximum absolute atomic E-state index is 12.5. The fraction of sp³-hybridized carbons (Fsp3) is 0.600. The lowest BCUT2D eigenvalue weighted by molar-refractivity contribution is -0.141. The summed E-state index contributed by atoms with van der Waals surface area (Å²) in [6.07, 6.45) is -4.24. The first-order chi connectivity index (χ1) is 8.32. The third-order valence-corrected chi connectivity index (χ3v) is 2.96. The van der Waals surface area contributed by atoms with Crippen molar-refractivity contribution in [2.45, 2.75) is 12.6 Å². The van der Waals surface area contributed by atoms with Crippen molar-refractivity contribution in [3.05, 3.63) is 11.8 Å². The van der Waals surface area contributed by atoms with Gasteiger partial charge < -0.3 is 5.73 Å². The highest BCUT2D eigenvalue weighted by molar-refractivity contribution is 5.95. The Morgan fingerprint density at radius 3 is 2.67 bits per heavy atom. The van der Waals surface area contributed by atoms with Crippen molar-refractivity contribution in [1.29, 1.82) is 0 Å². The van der Waals surface area contributed by atoms with Crippen LogP contribution in [0.25, 0.3) is 0 Å². The molecule has 0 saturated carbocycles. The maximum Gasteiger partial charge on any atom is 0.435 e. The van der Waals surface area contributed by atoms with Gasteiger partial charge in [0.1, 0.15) is 5.82 Å². The molecule has 0 aromatic carbocycles. The van der Waals surface area contributed by atoms with Crippen LogP contribution in [0.2, 0.25) is 0 Å². The molecular weight excluding hydrogens is 249 g/mol. The van der Waals surface area contributed by atoms with Crippen molar-refractivity contribution in [2.24, 2.45) is 18.7 Å². The monoisotopic (exact) mass is 262 g/mol. The van der Waals surface area contributed by atoms with Gasteiger partial charge in [-0.3, -0.25) is 14.4 Å². The highest BCUT2D eigenvalue weighted by Gasteiger charge is 2.37. The second-order valence-electron chi connectivity index (χ2n) is 4.32. The van der Waals surface area contributed by atoms with Crippen LogP contribution in [0.4, 0.5) is 19.0 Å². The summed E-state index contributed by atoms with van der Waals surface area (Å²) in [4.78, 5) is 13.0. The van der Waals surface area contributed by atoms with Gasteiger partial charge in [-0.2, -0.15) is 18.3 Å². The highest BCUT2D eigenvalue weighted by atomic mass is 19.4. The predicted octanol–water partition coefficient (Wildman–Crippen LogP) is 0.751. The SMILES string of the molecule is Cn1nc(C(F)(F)F)cc1N1CC(CN)CC1=O. The third kappa shape index (κ3) is 2.20. The predicted molar refractivity (Wildman–Crippen MR) is 57.7 cm³/mol. The van der Waals surface area contributed by atoms with Gasteiger partial charge in [0.2, 0.25) is 5.91 Å². The van der Waals surface area contributed by atoms with E-state index in [0.29, 0.717) is 13.1 Å². The molecule has 1 aromatic heterocycles. The molecule has 100 valence electrons. The molecular formula is C10H13F3N4O. The zero-order chi connectivity index (χ0) is 13.5. The Morgan fingerprint density at radius 1 is 1.56 bits per heavy atom. The summed E-state index contributed by atoms with van der Waals surface area (Å²) >= 11 is 0. The Bertz CT molecular complexity index is 468. The Kier molecular flexibility index (Phi) is 3.05. The summed E-state index contributed by atoms with van der Waals surface area (Å²) in [5.41, 5.74) is 4.47. The van der Waals surface area contributed by atoms with E-state index >= 15 is 0 Å². The summed E-state index contributed by atoms with van der Waals surface area (Å²) in [5.74, 6) is -0.0767. The molecule has 1 aromatic rings. The Hall–Kier alpha value is -1.57. The first-order valence-electron chi connectivity index (χ1n) is 5.44. The number of rotatable bonds is 2. The molecule has 1 aliphatic heterocycles. The zero-order valence-corrected chi connectivity index (χ0v) is 9.74. The number of anilines is 1. The molecule has 1 amide bonds. The number of carbonyl (C=O) groups excluding carboxylic acids is 1. The Morgan fingerprint density at radius 2 is 2.22 bits per heavy atom. The number of nitrogens with zero attached hydrogens (tertiary/aromatic N) is 3. The van der Waals surface area contributed by atoms with Gasteiger partial charge >= 0.3 is 6.18 Å². The first-order valence-corrected chi connectivity index (χ1v) is 5.44. The van der Waals surface area contributed by atoms with Crippen LogP contribution in [0.15, 0.2) is 6.07 Å². The molecule has 0 spiro atoms. The standard InChI is InChI=1S/C10H13F3N4O/c1-16-8(3-7(15-16)10(11,12)13)17-5-6(4-14)2-9(17)18/h3,6H,2,4-5,14H2,1H3. The second kappa shape index (κ2) is 4.27. The molecule has 2 rings (SSSR count). The highest BCUT2D eigenvalue weighted by Crippen LogP contribution is 2.32. The second-order valence-corrected chi connectivity index (χ2v) is 4.32. The van der Waals surface area contributed by atoms with Gasteiger partial charge in [0, 0.05) is 26.1 Å². The van der Waals surface area contributed by atoms with Crippen molar-refractivity contribution in [2.75, 3.05) is 18.0 Å². The summed E-state index contributed by atoms with van der Waals surface area (Å²) in [6, 6.07) is 0.886. The molecule has 18 heavy (non-hydrogen) atoms. The fourth-order valence-corrected chi connectivity index (χ4v) is 2.01. The summed E-state index contributed by atoms with van der Waals surface area (Å²) in [6.45, 7) is 0.679. The van der Waals surface area contributed by atoms with E-state index in [1.54, 1.807) is 0 Å². The summed E-state index contributed by atoms with van der Waals surface area (Å²) < 4.78 is 38.6. The average Bonchev–Trinajstić information content (AvgIpc) is 2.81. The molecule has 1 fully saturated rings. The van der Waals surface area contributed by atoms with Crippen LogP contribution >= 0.6 is 0 Å². The topological polar surface area (TPSA) is 64.2 Å². The quantitative estimate of drug-likeness (QED) is 0.855. The number of carbonyl (C=O) groups is 1. The van der Waals surface area contributed by atoms with Crippen LogP contribution in [0, 0.1) is 5.92 Å². The average molecular weight is 262 g/mol. The minimum atomic E-state index is -4.51. The van der Waals surface area contributed by atoms with Crippen LogP contribution in [0.5, 0.6) is 0 Å². The minimum Gasteiger partial charge on any atom is -0.330 e. The van der Waals surface area contributed by atoms with E-state index in [1.807, 2.05) is 0 Å². The number of amides is 1.